The van der Waals surface area contributed by atoms with E-state index >= 15 is 0 Å². The molecule has 36 heavy (non-hydrogen) atoms. The number of hydrogen-bond donors (Lipinski definition) is 0. The van der Waals surface area contributed by atoms with Crippen LogP contribution in [0.15, 0.2) is 73.1 Å². The molecule has 0 spiro atoms. The standard InChI is InChI=1S/C24H26O2.C8H6N2/c1-25-24(26-2)20-9-5-8-19-18-13-12-15-6-3-4-7-17(15)22(18)14-21(23(19)20)16-10-11-16;1-3-7-4-2-6-10-8(7)9-5-1/h5,8-9,12-14,16,24H,3-4,6-7,10-11H2,1-2H3;1-6H. The maximum absolute atomic E-state index is 5.63. The minimum absolute atomic E-state index is 0.314. The lowest BCUT2D eigenvalue weighted by Gasteiger charge is -2.22. The summed E-state index contributed by atoms with van der Waals surface area (Å²) in [5.74, 6) is 0.692. The molecular weight excluding hydrogens is 444 g/mol. The van der Waals surface area contributed by atoms with Gasteiger partial charge in [-0.25, -0.2) is 9.97 Å². The van der Waals surface area contributed by atoms with Crippen LogP contribution in [0.4, 0.5) is 0 Å². The highest BCUT2D eigenvalue weighted by atomic mass is 16.7. The fourth-order valence-electron chi connectivity index (χ4n) is 5.77. The summed E-state index contributed by atoms with van der Waals surface area (Å²) in [5.41, 5.74) is 6.63. The third-order valence-electron chi connectivity index (χ3n) is 7.63. The number of aromatic nitrogens is 2. The van der Waals surface area contributed by atoms with Gasteiger partial charge in [0.15, 0.2) is 11.9 Å². The summed E-state index contributed by atoms with van der Waals surface area (Å²) in [4.78, 5) is 8.14. The Hall–Kier alpha value is -3.34. The van der Waals surface area contributed by atoms with Crippen molar-refractivity contribution in [1.82, 2.24) is 9.97 Å². The molecule has 0 radical (unpaired) electrons. The summed E-state index contributed by atoms with van der Waals surface area (Å²) in [6.45, 7) is 0. The van der Waals surface area contributed by atoms with Crippen LogP contribution < -0.4 is 0 Å². The molecule has 0 amide bonds. The highest BCUT2D eigenvalue weighted by Gasteiger charge is 2.29. The largest absolute Gasteiger partial charge is 0.352 e. The van der Waals surface area contributed by atoms with E-state index in [2.05, 4.69) is 46.4 Å². The van der Waals surface area contributed by atoms with Crippen molar-refractivity contribution in [2.24, 2.45) is 0 Å². The van der Waals surface area contributed by atoms with Crippen LogP contribution in [0.3, 0.4) is 0 Å². The van der Waals surface area contributed by atoms with Crippen molar-refractivity contribution in [1.29, 1.82) is 0 Å². The maximum atomic E-state index is 5.63. The average Bonchev–Trinajstić information content (AvgIpc) is 3.79. The molecule has 182 valence electrons. The van der Waals surface area contributed by atoms with Crippen LogP contribution in [-0.2, 0) is 22.3 Å². The molecule has 0 unspecified atom stereocenters. The minimum atomic E-state index is -0.314. The minimum Gasteiger partial charge on any atom is -0.352 e. The molecule has 2 aliphatic rings. The lowest BCUT2D eigenvalue weighted by atomic mass is 9.84. The van der Waals surface area contributed by atoms with Gasteiger partial charge in [0.1, 0.15) is 0 Å². The van der Waals surface area contributed by atoms with E-state index in [4.69, 9.17) is 9.47 Å². The van der Waals surface area contributed by atoms with Gasteiger partial charge in [-0.1, -0.05) is 30.3 Å². The van der Waals surface area contributed by atoms with E-state index in [1.165, 1.54) is 65.6 Å². The summed E-state index contributed by atoms with van der Waals surface area (Å²) in [5, 5.41) is 6.67. The second-order valence-electron chi connectivity index (χ2n) is 9.87. The number of ether oxygens (including phenoxy) is 2. The highest BCUT2D eigenvalue weighted by Crippen LogP contribution is 2.48. The van der Waals surface area contributed by atoms with E-state index in [0.717, 1.165) is 16.6 Å². The van der Waals surface area contributed by atoms with Crippen LogP contribution in [0.25, 0.3) is 32.6 Å². The summed E-state index contributed by atoms with van der Waals surface area (Å²) in [7, 11) is 3.45. The highest BCUT2D eigenvalue weighted by molar-refractivity contribution is 6.11. The third-order valence-corrected chi connectivity index (χ3v) is 7.63. The summed E-state index contributed by atoms with van der Waals surface area (Å²) in [6, 6.07) is 21.6. The van der Waals surface area contributed by atoms with Gasteiger partial charge in [-0.2, -0.15) is 0 Å². The first kappa shape index (κ1) is 23.1. The van der Waals surface area contributed by atoms with Crippen LogP contribution in [0.2, 0.25) is 0 Å². The van der Waals surface area contributed by atoms with E-state index in [1.54, 1.807) is 37.7 Å². The Morgan fingerprint density at radius 1 is 0.778 bits per heavy atom. The monoisotopic (exact) mass is 476 g/mol. The molecule has 1 fully saturated rings. The molecule has 2 aliphatic carbocycles. The number of methoxy groups -OCH3 is 2. The van der Waals surface area contributed by atoms with Gasteiger partial charge in [0.2, 0.25) is 0 Å². The third kappa shape index (κ3) is 4.25. The van der Waals surface area contributed by atoms with Gasteiger partial charge in [0.25, 0.3) is 0 Å². The maximum Gasteiger partial charge on any atom is 0.183 e. The number of aryl methyl sites for hydroxylation is 2. The van der Waals surface area contributed by atoms with E-state index in [9.17, 15) is 0 Å². The molecule has 5 aromatic rings. The second-order valence-corrected chi connectivity index (χ2v) is 9.87. The number of fused-ring (bicyclic) bond motifs is 6. The van der Waals surface area contributed by atoms with Crippen molar-refractivity contribution in [2.75, 3.05) is 14.2 Å². The smallest absolute Gasteiger partial charge is 0.183 e. The van der Waals surface area contributed by atoms with Crippen molar-refractivity contribution in [3.05, 3.63) is 95.3 Å². The zero-order valence-electron chi connectivity index (χ0n) is 21.0. The van der Waals surface area contributed by atoms with Crippen LogP contribution in [0.1, 0.15) is 60.1 Å². The zero-order valence-corrected chi connectivity index (χ0v) is 21.0. The van der Waals surface area contributed by atoms with Crippen molar-refractivity contribution < 1.29 is 9.47 Å². The van der Waals surface area contributed by atoms with Gasteiger partial charge in [0, 0.05) is 37.6 Å². The fraction of sp³-hybridized carbons (Fsp3) is 0.312. The lowest BCUT2D eigenvalue weighted by Crippen LogP contribution is -2.07. The van der Waals surface area contributed by atoms with E-state index in [1.807, 2.05) is 24.3 Å². The number of rotatable bonds is 4. The average molecular weight is 477 g/mol. The van der Waals surface area contributed by atoms with Crippen LogP contribution in [0, 0.1) is 0 Å². The Labute approximate surface area is 212 Å². The molecule has 4 heteroatoms. The van der Waals surface area contributed by atoms with Gasteiger partial charge < -0.3 is 9.47 Å². The van der Waals surface area contributed by atoms with E-state index < -0.39 is 0 Å². The molecule has 3 aromatic carbocycles. The molecule has 2 heterocycles. The van der Waals surface area contributed by atoms with E-state index in [0.29, 0.717) is 5.92 Å². The Bertz CT molecular complexity index is 1470. The molecule has 4 nitrogen and oxygen atoms in total. The van der Waals surface area contributed by atoms with Gasteiger partial charge in [-0.05, 0) is 113 Å². The van der Waals surface area contributed by atoms with Gasteiger partial charge in [0.05, 0.1) is 0 Å². The predicted molar refractivity (Wildman–Crippen MR) is 146 cm³/mol. The molecule has 2 aromatic heterocycles. The van der Waals surface area contributed by atoms with Crippen molar-refractivity contribution in [2.45, 2.75) is 50.7 Å². The molecular formula is C32H32N2O2. The van der Waals surface area contributed by atoms with Gasteiger partial charge >= 0.3 is 0 Å². The molecule has 0 N–H and O–H groups in total. The molecule has 0 aliphatic heterocycles. The molecule has 1 saturated carbocycles. The number of nitrogens with zero attached hydrogens (tertiary/aromatic N) is 2. The van der Waals surface area contributed by atoms with Crippen LogP contribution in [-0.4, -0.2) is 24.2 Å². The van der Waals surface area contributed by atoms with Crippen molar-refractivity contribution >= 4 is 32.6 Å². The topological polar surface area (TPSA) is 44.2 Å². The summed E-state index contributed by atoms with van der Waals surface area (Å²) < 4.78 is 11.3. The molecule has 0 bridgehead atoms. The van der Waals surface area contributed by atoms with Crippen molar-refractivity contribution in [3.63, 3.8) is 0 Å². The fourth-order valence-corrected chi connectivity index (χ4v) is 5.77. The second kappa shape index (κ2) is 9.96. The van der Waals surface area contributed by atoms with E-state index in [-0.39, 0.29) is 6.29 Å². The van der Waals surface area contributed by atoms with Gasteiger partial charge in [-0.15, -0.1) is 0 Å². The first-order chi connectivity index (χ1) is 17.8. The zero-order chi connectivity index (χ0) is 24.5. The normalized spacial score (nSPS) is 15.2. The quantitative estimate of drug-likeness (QED) is 0.197. The lowest BCUT2D eigenvalue weighted by molar-refractivity contribution is -0.105. The number of hydrogen-bond acceptors (Lipinski definition) is 4. The van der Waals surface area contributed by atoms with Crippen molar-refractivity contribution in [3.8, 4) is 0 Å². The number of pyridine rings is 2. The Kier molecular flexibility index (Phi) is 6.39. The Morgan fingerprint density at radius 3 is 2.22 bits per heavy atom. The molecule has 0 saturated heterocycles. The summed E-state index contributed by atoms with van der Waals surface area (Å²) in [6.07, 6.45) is 10.9. The predicted octanol–water partition coefficient (Wildman–Crippen LogP) is 7.67. The molecule has 7 rings (SSSR count). The first-order valence-corrected chi connectivity index (χ1v) is 13.0. The number of benzene rings is 3. The van der Waals surface area contributed by atoms with Gasteiger partial charge in [-0.3, -0.25) is 0 Å². The van der Waals surface area contributed by atoms with Crippen LogP contribution >= 0.6 is 0 Å². The Balaban J connectivity index is 0.000000200. The SMILES string of the molecule is COC(OC)c1cccc2c1c(C1CC1)cc1c3c(ccc12)CCCC3.c1cnc2ncccc2c1. The first-order valence-electron chi connectivity index (χ1n) is 13.0. The molecule has 0 atom stereocenters. The van der Waals surface area contributed by atoms with Crippen LogP contribution in [0.5, 0.6) is 0 Å². The summed E-state index contributed by atoms with van der Waals surface area (Å²) >= 11 is 0. The Morgan fingerprint density at radius 2 is 1.53 bits per heavy atom.